The number of ether oxygens (including phenoxy) is 1. The van der Waals surface area contributed by atoms with E-state index in [1.165, 1.54) is 11.0 Å². The van der Waals surface area contributed by atoms with Crippen LogP contribution in [0.1, 0.15) is 62.8 Å². The van der Waals surface area contributed by atoms with E-state index in [0.717, 1.165) is 35.2 Å². The minimum Gasteiger partial charge on any atom is -0.479 e. The highest BCUT2D eigenvalue weighted by Gasteiger charge is 2.61. The van der Waals surface area contributed by atoms with Gasteiger partial charge in [0.15, 0.2) is 0 Å². The van der Waals surface area contributed by atoms with Crippen LogP contribution in [-0.4, -0.2) is 87.9 Å². The van der Waals surface area contributed by atoms with Gasteiger partial charge in [-0.3, -0.25) is 14.5 Å². The highest BCUT2D eigenvalue weighted by atomic mass is 16.6. The molecule has 0 spiro atoms. The van der Waals surface area contributed by atoms with E-state index < -0.39 is 77.1 Å². The number of amides is 5. The van der Waals surface area contributed by atoms with Crippen LogP contribution in [0.25, 0.3) is 0 Å². The smallest absolute Gasteiger partial charge is 0.414 e. The first kappa shape index (κ1) is 34.9. The molecule has 0 radical (unpaired) electrons. The summed E-state index contributed by atoms with van der Waals surface area (Å²) in [5.41, 5.74) is 1.14. The van der Waals surface area contributed by atoms with Gasteiger partial charge >= 0.3 is 18.1 Å². The van der Waals surface area contributed by atoms with Crippen LogP contribution in [0.5, 0.6) is 0 Å². The summed E-state index contributed by atoms with van der Waals surface area (Å²) >= 11 is 0. The lowest BCUT2D eigenvalue weighted by atomic mass is 9.86. The molecular formula is C37H45N5O8. The maximum atomic E-state index is 14.1. The van der Waals surface area contributed by atoms with E-state index in [9.17, 15) is 34.2 Å². The van der Waals surface area contributed by atoms with E-state index in [-0.39, 0.29) is 19.4 Å². The van der Waals surface area contributed by atoms with E-state index >= 15 is 0 Å². The fourth-order valence-electron chi connectivity index (χ4n) is 7.47. The van der Waals surface area contributed by atoms with Crippen molar-refractivity contribution in [1.29, 1.82) is 0 Å². The van der Waals surface area contributed by atoms with Gasteiger partial charge in [0.2, 0.25) is 11.8 Å². The minimum absolute atomic E-state index is 0.0770. The van der Waals surface area contributed by atoms with Gasteiger partial charge in [-0.25, -0.2) is 14.4 Å². The van der Waals surface area contributed by atoms with Crippen LogP contribution < -0.4 is 20.9 Å². The second-order valence-corrected chi connectivity index (χ2v) is 14.8. The summed E-state index contributed by atoms with van der Waals surface area (Å²) in [6, 6.07) is 11.3. The summed E-state index contributed by atoms with van der Waals surface area (Å²) < 4.78 is 5.90. The predicted molar refractivity (Wildman–Crippen MR) is 183 cm³/mol. The van der Waals surface area contributed by atoms with Crippen molar-refractivity contribution in [3.63, 3.8) is 0 Å². The molecule has 13 nitrogen and oxygen atoms in total. The molecule has 0 bridgehead atoms. The normalized spacial score (nSPS) is 27.3. The van der Waals surface area contributed by atoms with Crippen molar-refractivity contribution >= 4 is 35.6 Å². The Bertz CT molecular complexity index is 1710. The summed E-state index contributed by atoms with van der Waals surface area (Å²) in [7, 11) is 0. The number of benzene rings is 2. The highest BCUT2D eigenvalue weighted by molar-refractivity contribution is 5.96. The first-order chi connectivity index (χ1) is 23.7. The Morgan fingerprint density at radius 3 is 2.44 bits per heavy atom. The molecule has 2 fully saturated rings. The lowest BCUT2D eigenvalue weighted by molar-refractivity contribution is -0.144. The van der Waals surface area contributed by atoms with Crippen molar-refractivity contribution in [1.82, 2.24) is 20.9 Å². The first-order valence-corrected chi connectivity index (χ1v) is 17.1. The molecule has 6 rings (SSSR count). The molecule has 2 aromatic carbocycles. The number of carboxylic acid groups (broad SMARTS) is 1. The quantitative estimate of drug-likeness (QED) is 0.263. The van der Waals surface area contributed by atoms with E-state index in [2.05, 4.69) is 22.5 Å². The minimum atomic E-state index is -1.54. The van der Waals surface area contributed by atoms with Crippen molar-refractivity contribution < 1.29 is 38.9 Å². The number of carbonyl (C=O) groups is 5. The molecule has 50 heavy (non-hydrogen) atoms. The number of urea groups is 1. The van der Waals surface area contributed by atoms with Crippen LogP contribution in [-0.2, 0) is 32.0 Å². The second kappa shape index (κ2) is 13.4. The highest BCUT2D eigenvalue weighted by Crippen LogP contribution is 2.45. The van der Waals surface area contributed by atoms with Gasteiger partial charge in [0, 0.05) is 25.3 Å². The number of fused-ring (bicyclic) bond motifs is 2. The molecule has 5 amide bonds. The first-order valence-electron chi connectivity index (χ1n) is 17.1. The monoisotopic (exact) mass is 687 g/mol. The van der Waals surface area contributed by atoms with E-state index in [1.807, 2.05) is 48.5 Å². The molecule has 3 unspecified atom stereocenters. The Kier molecular flexibility index (Phi) is 9.38. The number of anilines is 1. The number of aliphatic hydroxyl groups is 1. The number of nitrogens with zero attached hydrogens (tertiary/aromatic N) is 2. The number of nitrogens with one attached hydrogen (secondary N) is 3. The largest absolute Gasteiger partial charge is 0.479 e. The molecular weight excluding hydrogens is 642 g/mol. The number of carboxylic acids is 1. The maximum absolute atomic E-state index is 14.1. The van der Waals surface area contributed by atoms with Gasteiger partial charge in [-0.1, -0.05) is 69.3 Å². The molecule has 2 aliphatic carbocycles. The summed E-state index contributed by atoms with van der Waals surface area (Å²) in [6.45, 7) is 9.31. The molecule has 1 saturated carbocycles. The lowest BCUT2D eigenvalue weighted by Crippen LogP contribution is -2.60. The molecule has 0 aromatic heterocycles. The molecule has 266 valence electrons. The average Bonchev–Trinajstić information content (AvgIpc) is 3.49. The van der Waals surface area contributed by atoms with Gasteiger partial charge in [-0.15, -0.1) is 6.58 Å². The van der Waals surface area contributed by atoms with E-state index in [1.54, 1.807) is 25.7 Å². The molecule has 2 aliphatic heterocycles. The summed E-state index contributed by atoms with van der Waals surface area (Å²) in [5, 5.41) is 29.0. The number of aliphatic hydroxyl groups excluding tert-OH is 1. The Morgan fingerprint density at radius 1 is 1.06 bits per heavy atom. The van der Waals surface area contributed by atoms with Crippen LogP contribution in [0.2, 0.25) is 0 Å². The topological polar surface area (TPSA) is 178 Å². The zero-order valence-electron chi connectivity index (χ0n) is 28.6. The third-order valence-corrected chi connectivity index (χ3v) is 10.3. The van der Waals surface area contributed by atoms with Gasteiger partial charge in [0.25, 0.3) is 0 Å². The molecule has 2 aromatic rings. The number of para-hydroxylation sites is 1. The van der Waals surface area contributed by atoms with Crippen LogP contribution in [0.15, 0.2) is 61.2 Å². The number of hydrogen-bond donors (Lipinski definition) is 5. The van der Waals surface area contributed by atoms with Gasteiger partial charge in [0.1, 0.15) is 23.7 Å². The lowest BCUT2D eigenvalue weighted by Gasteiger charge is -2.34. The zero-order valence-corrected chi connectivity index (χ0v) is 28.6. The van der Waals surface area contributed by atoms with Crippen molar-refractivity contribution in [2.24, 2.45) is 11.3 Å². The summed E-state index contributed by atoms with van der Waals surface area (Å²) in [6.07, 6.45) is 1.17. The molecule has 13 heteroatoms. The van der Waals surface area contributed by atoms with Gasteiger partial charge in [0.05, 0.1) is 24.4 Å². The molecule has 7 atom stereocenters. The van der Waals surface area contributed by atoms with Gasteiger partial charge in [-0.2, -0.15) is 0 Å². The Hall–Kier alpha value is -4.91. The second-order valence-electron chi connectivity index (χ2n) is 14.8. The fourth-order valence-corrected chi connectivity index (χ4v) is 7.47. The van der Waals surface area contributed by atoms with Crippen molar-refractivity contribution in [2.75, 3.05) is 18.0 Å². The van der Waals surface area contributed by atoms with Crippen LogP contribution >= 0.6 is 0 Å². The number of rotatable bonds is 8. The van der Waals surface area contributed by atoms with E-state index in [0.29, 0.717) is 13.0 Å². The third-order valence-electron chi connectivity index (χ3n) is 10.3. The van der Waals surface area contributed by atoms with Gasteiger partial charge in [-0.05, 0) is 47.4 Å². The zero-order chi connectivity index (χ0) is 36.0. The number of aryl methyl sites for hydroxylation is 1. The fraction of sp³-hybridized carbons (Fsp3) is 0.486. The number of carbonyl (C=O) groups excluding carboxylic acids is 4. The Morgan fingerprint density at radius 2 is 1.76 bits per heavy atom. The van der Waals surface area contributed by atoms with Crippen LogP contribution in [0, 0.1) is 11.3 Å². The number of aliphatic carboxylic acids is 1. The summed E-state index contributed by atoms with van der Waals surface area (Å²) in [4.78, 5) is 70.1. The van der Waals surface area contributed by atoms with Crippen molar-refractivity contribution in [2.45, 2.75) is 88.7 Å². The average molecular weight is 688 g/mol. The van der Waals surface area contributed by atoms with Crippen molar-refractivity contribution in [3.8, 4) is 0 Å². The van der Waals surface area contributed by atoms with E-state index in [4.69, 9.17) is 4.74 Å². The SMILES string of the molecule is C=C[C@@H]1C[C@]1(NC(=O)C1CC(OC(=O)N2CCCc3ccccc32)CN1C(=O)NC(C(=O)N[C@H]1c2ccccc2C[C@H]1O)C(C)(C)C)C(=O)O. The van der Waals surface area contributed by atoms with Crippen molar-refractivity contribution in [3.05, 3.63) is 77.9 Å². The van der Waals surface area contributed by atoms with Crippen LogP contribution in [0.3, 0.4) is 0 Å². The predicted octanol–water partition coefficient (Wildman–Crippen LogP) is 3.06. The standard InChI is InChI=1S/C37H45N5O8/c1-5-23-19-37(23,33(46)47)40-31(44)27-18-24(50-35(49)41-16-10-13-21-11-7-9-15-26(21)41)20-42(27)34(48)39-30(36(2,3)4)32(45)38-29-25-14-8-6-12-22(25)17-28(29)43/h5-9,11-12,14-15,23-24,27-30,43H,1,10,13,16-20H2,2-4H3,(H,38,45)(H,39,48)(H,40,44)(H,46,47)/t23-,24?,27?,28-,29+,30?,37-/m1/s1. The van der Waals surface area contributed by atoms with Crippen LogP contribution in [0.4, 0.5) is 15.3 Å². The molecule has 4 aliphatic rings. The number of hydrogen-bond acceptors (Lipinski definition) is 7. The molecule has 2 heterocycles. The van der Waals surface area contributed by atoms with Gasteiger partial charge < -0.3 is 35.8 Å². The third kappa shape index (κ3) is 6.66. The molecule has 1 saturated heterocycles. The maximum Gasteiger partial charge on any atom is 0.414 e. The Balaban J connectivity index is 1.21. The number of likely N-dealkylation sites (tertiary alicyclic amines) is 1. The summed E-state index contributed by atoms with van der Waals surface area (Å²) in [5.74, 6) is -2.92. The molecule has 5 N–H and O–H groups in total. The Labute approximate surface area is 291 Å².